The van der Waals surface area contributed by atoms with Gasteiger partial charge in [0.1, 0.15) is 6.10 Å². The van der Waals surface area contributed by atoms with Crippen molar-refractivity contribution in [2.45, 2.75) is 201 Å². The maximum Gasteiger partial charge on any atom is 0.508 e. The molecule has 0 saturated heterocycles. The molecule has 0 heterocycles. The summed E-state index contributed by atoms with van der Waals surface area (Å²) in [7, 11) is 0. The summed E-state index contributed by atoms with van der Waals surface area (Å²) < 4.78 is 11.2. The highest BCUT2D eigenvalue weighted by atomic mass is 16.7. The normalized spacial score (nSPS) is 14.0. The van der Waals surface area contributed by atoms with Crippen LogP contribution in [0.3, 0.4) is 0 Å². The Bertz CT molecular complexity index is 543. The second-order valence-corrected chi connectivity index (χ2v) is 12.4. The Morgan fingerprint density at radius 2 is 0.974 bits per heavy atom. The zero-order chi connectivity index (χ0) is 28.9. The van der Waals surface area contributed by atoms with Crippen LogP contribution in [0.4, 0.5) is 4.79 Å². The second kappa shape index (κ2) is 28.5. The maximum absolute atomic E-state index is 12.4. The van der Waals surface area contributed by atoms with E-state index in [1.54, 1.807) is 0 Å². The molecule has 0 saturated carbocycles. The number of ether oxygens (including phenoxy) is 2. The van der Waals surface area contributed by atoms with E-state index in [0.717, 1.165) is 25.7 Å². The molecule has 2 atom stereocenters. The number of unbranched alkanes of at least 4 members (excludes halogenated alkanes) is 19. The highest BCUT2D eigenvalue weighted by Crippen LogP contribution is 2.36. The number of carbonyl (C=O) groups is 1. The molecule has 3 heteroatoms. The van der Waals surface area contributed by atoms with Gasteiger partial charge >= 0.3 is 6.16 Å². The van der Waals surface area contributed by atoms with Crippen LogP contribution in [0, 0.1) is 5.41 Å². The lowest BCUT2D eigenvalue weighted by molar-refractivity contribution is -0.0278. The van der Waals surface area contributed by atoms with Crippen LogP contribution in [-0.2, 0) is 9.47 Å². The lowest BCUT2D eigenvalue weighted by atomic mass is 9.75. The predicted octanol–water partition coefficient (Wildman–Crippen LogP) is 12.9. The minimum absolute atomic E-state index is 0.0451. The highest BCUT2D eigenvalue weighted by molar-refractivity contribution is 5.60. The number of allylic oxidation sites excluding steroid dienone is 2. The van der Waals surface area contributed by atoms with Gasteiger partial charge < -0.3 is 9.47 Å². The first-order valence-electron chi connectivity index (χ1n) is 17.5. The third-order valence-corrected chi connectivity index (χ3v) is 8.58. The van der Waals surface area contributed by atoms with E-state index in [2.05, 4.69) is 46.8 Å². The summed E-state index contributed by atoms with van der Waals surface area (Å²) in [6.07, 6.45) is 35.9. The molecular formula is C36H70O3. The molecule has 0 aliphatic carbocycles. The summed E-state index contributed by atoms with van der Waals surface area (Å²) >= 11 is 0. The van der Waals surface area contributed by atoms with E-state index in [1.165, 1.54) is 135 Å². The first kappa shape index (κ1) is 38.0. The van der Waals surface area contributed by atoms with E-state index >= 15 is 0 Å². The lowest BCUT2D eigenvalue weighted by Gasteiger charge is -2.35. The van der Waals surface area contributed by atoms with Gasteiger partial charge in [-0.2, -0.15) is 0 Å². The fraction of sp³-hybridized carbons (Fsp3) is 0.917. The zero-order valence-electron chi connectivity index (χ0n) is 27.3. The molecule has 3 nitrogen and oxygen atoms in total. The van der Waals surface area contributed by atoms with E-state index in [-0.39, 0.29) is 11.5 Å². The molecule has 0 bridgehead atoms. The number of hydrogen-bond acceptors (Lipinski definition) is 3. The Balaban J connectivity index is 3.84. The van der Waals surface area contributed by atoms with Crippen molar-refractivity contribution in [1.82, 2.24) is 0 Å². The molecule has 0 aromatic carbocycles. The number of carbonyl (C=O) groups excluding carboxylic acids is 1. The van der Waals surface area contributed by atoms with Gasteiger partial charge in [-0.1, -0.05) is 155 Å². The van der Waals surface area contributed by atoms with Gasteiger partial charge in [0.25, 0.3) is 0 Å². The summed E-state index contributed by atoms with van der Waals surface area (Å²) in [5, 5.41) is 0. The molecule has 0 fully saturated rings. The molecule has 0 aromatic heterocycles. The first-order valence-corrected chi connectivity index (χ1v) is 17.5. The van der Waals surface area contributed by atoms with Crippen LogP contribution in [0.2, 0.25) is 0 Å². The summed E-state index contributed by atoms with van der Waals surface area (Å²) in [6, 6.07) is 0. The topological polar surface area (TPSA) is 35.5 Å². The highest BCUT2D eigenvalue weighted by Gasteiger charge is 2.33. The standard InChI is InChI=1S/C36H70O3/c1-6-9-12-14-15-16-17-18-19-20-21-22-23-24-25-27-30-33-38-35(37)39-34(4)36(5,31-28-11-8-3)32-29-26-13-10-7-2/h19-20,34H,6-18,21-33H2,1-5H3/b20-19-. The Morgan fingerprint density at radius 3 is 1.49 bits per heavy atom. The molecule has 232 valence electrons. The zero-order valence-corrected chi connectivity index (χ0v) is 27.3. The van der Waals surface area contributed by atoms with Gasteiger partial charge in [0.05, 0.1) is 6.61 Å². The third-order valence-electron chi connectivity index (χ3n) is 8.58. The Labute approximate surface area is 245 Å². The molecule has 0 aliphatic rings. The summed E-state index contributed by atoms with van der Waals surface area (Å²) in [4.78, 5) is 12.4. The van der Waals surface area contributed by atoms with Gasteiger partial charge in [-0.15, -0.1) is 0 Å². The lowest BCUT2D eigenvalue weighted by Crippen LogP contribution is -2.34. The van der Waals surface area contributed by atoms with Crippen LogP contribution in [-0.4, -0.2) is 18.9 Å². The average molecular weight is 551 g/mol. The first-order chi connectivity index (χ1) is 19.0. The number of rotatable bonds is 29. The van der Waals surface area contributed by atoms with E-state index in [4.69, 9.17) is 9.47 Å². The maximum atomic E-state index is 12.4. The fourth-order valence-electron chi connectivity index (χ4n) is 5.45. The van der Waals surface area contributed by atoms with Crippen molar-refractivity contribution in [3.8, 4) is 0 Å². The average Bonchev–Trinajstić information content (AvgIpc) is 2.92. The van der Waals surface area contributed by atoms with Crippen molar-refractivity contribution in [1.29, 1.82) is 0 Å². The van der Waals surface area contributed by atoms with Crippen molar-refractivity contribution in [3.05, 3.63) is 12.2 Å². The monoisotopic (exact) mass is 551 g/mol. The third kappa shape index (κ3) is 24.5. The van der Waals surface area contributed by atoms with Crippen LogP contribution < -0.4 is 0 Å². The SMILES string of the molecule is CCCCCCCCC/C=C\CCCCCCCCOC(=O)OC(C)C(C)(CCCCC)CCCCCCC. The van der Waals surface area contributed by atoms with Crippen molar-refractivity contribution >= 4 is 6.16 Å². The smallest absolute Gasteiger partial charge is 0.434 e. The van der Waals surface area contributed by atoms with Gasteiger partial charge in [0, 0.05) is 5.41 Å². The van der Waals surface area contributed by atoms with Gasteiger partial charge in [-0.3, -0.25) is 0 Å². The molecule has 0 radical (unpaired) electrons. The van der Waals surface area contributed by atoms with Crippen LogP contribution in [0.25, 0.3) is 0 Å². The van der Waals surface area contributed by atoms with Crippen molar-refractivity contribution in [2.24, 2.45) is 5.41 Å². The Morgan fingerprint density at radius 1 is 0.590 bits per heavy atom. The van der Waals surface area contributed by atoms with Gasteiger partial charge in [0.2, 0.25) is 0 Å². The predicted molar refractivity (Wildman–Crippen MR) is 172 cm³/mol. The summed E-state index contributed by atoms with van der Waals surface area (Å²) in [5.41, 5.74) is 0.0451. The van der Waals surface area contributed by atoms with Crippen LogP contribution in [0.5, 0.6) is 0 Å². The van der Waals surface area contributed by atoms with Gasteiger partial charge in [-0.25, -0.2) is 4.79 Å². The molecule has 0 aromatic rings. The quantitative estimate of drug-likeness (QED) is 0.0527. The van der Waals surface area contributed by atoms with Crippen LogP contribution in [0.1, 0.15) is 195 Å². The second-order valence-electron chi connectivity index (χ2n) is 12.4. The van der Waals surface area contributed by atoms with E-state index in [9.17, 15) is 4.79 Å². The minimum Gasteiger partial charge on any atom is -0.434 e. The van der Waals surface area contributed by atoms with Crippen LogP contribution in [0.15, 0.2) is 12.2 Å². The van der Waals surface area contributed by atoms with Crippen molar-refractivity contribution in [3.63, 3.8) is 0 Å². The van der Waals surface area contributed by atoms with E-state index in [1.807, 2.05) is 0 Å². The molecule has 39 heavy (non-hydrogen) atoms. The van der Waals surface area contributed by atoms with Crippen molar-refractivity contribution < 1.29 is 14.3 Å². The summed E-state index contributed by atoms with van der Waals surface area (Å²) in [5.74, 6) is 0. The summed E-state index contributed by atoms with van der Waals surface area (Å²) in [6.45, 7) is 11.7. The fourth-order valence-corrected chi connectivity index (χ4v) is 5.45. The van der Waals surface area contributed by atoms with E-state index in [0.29, 0.717) is 6.61 Å². The van der Waals surface area contributed by atoms with Gasteiger partial charge in [-0.05, 0) is 51.9 Å². The molecule has 0 N–H and O–H groups in total. The molecule has 0 spiro atoms. The van der Waals surface area contributed by atoms with E-state index < -0.39 is 6.16 Å². The number of hydrogen-bond donors (Lipinski definition) is 0. The molecule has 0 aliphatic heterocycles. The largest absolute Gasteiger partial charge is 0.508 e. The molecular weight excluding hydrogens is 480 g/mol. The molecule has 0 amide bonds. The minimum atomic E-state index is -0.474. The molecule has 0 rings (SSSR count). The Kier molecular flexibility index (Phi) is 27.8. The van der Waals surface area contributed by atoms with Gasteiger partial charge in [0.15, 0.2) is 0 Å². The van der Waals surface area contributed by atoms with Crippen molar-refractivity contribution in [2.75, 3.05) is 6.61 Å². The Hall–Kier alpha value is -0.990. The molecule has 2 unspecified atom stereocenters. The van der Waals surface area contributed by atoms with Crippen LogP contribution >= 0.6 is 0 Å².